The van der Waals surface area contributed by atoms with Crippen LogP contribution >= 0.6 is 0 Å². The fraction of sp³-hybridized carbons (Fsp3) is 1.00. The van der Waals surface area contributed by atoms with Gasteiger partial charge in [0.25, 0.3) is 0 Å². The Morgan fingerprint density at radius 3 is 1.39 bits per heavy atom. The number of ether oxygens (including phenoxy) is 1. The van der Waals surface area contributed by atoms with Gasteiger partial charge < -0.3 is 10.1 Å². The normalized spacial score (nSPS) is 38.6. The molecular formula is C21H39NO. The predicted octanol–water partition coefficient (Wildman–Crippen LogP) is 5.74. The number of hydrogen-bond donors (Lipinski definition) is 1. The van der Waals surface area contributed by atoms with E-state index in [1.807, 2.05) is 0 Å². The van der Waals surface area contributed by atoms with E-state index in [4.69, 9.17) is 4.74 Å². The third kappa shape index (κ3) is 6.38. The molecule has 0 radical (unpaired) electrons. The number of nitrogens with one attached hydrogen (secondary N) is 1. The monoisotopic (exact) mass is 321 g/mol. The molecule has 2 nitrogen and oxygen atoms in total. The van der Waals surface area contributed by atoms with E-state index in [0.717, 1.165) is 12.1 Å². The van der Waals surface area contributed by atoms with Crippen LogP contribution in [0.1, 0.15) is 109 Å². The second kappa shape index (κ2) is 10.0. The van der Waals surface area contributed by atoms with Crippen LogP contribution in [-0.4, -0.2) is 24.3 Å². The van der Waals surface area contributed by atoms with Crippen molar-refractivity contribution in [3.63, 3.8) is 0 Å². The van der Waals surface area contributed by atoms with E-state index >= 15 is 0 Å². The lowest BCUT2D eigenvalue weighted by molar-refractivity contribution is -0.0376. The van der Waals surface area contributed by atoms with Crippen molar-refractivity contribution >= 4 is 0 Å². The minimum absolute atomic E-state index is 0.543. The Bertz CT molecular complexity index is 289. The largest absolute Gasteiger partial charge is 0.375 e. The van der Waals surface area contributed by atoms with E-state index in [1.165, 1.54) is 109 Å². The van der Waals surface area contributed by atoms with Crippen molar-refractivity contribution in [3.8, 4) is 0 Å². The Morgan fingerprint density at radius 2 is 0.870 bits per heavy atom. The topological polar surface area (TPSA) is 21.3 Å². The molecule has 1 aliphatic heterocycles. The lowest BCUT2D eigenvalue weighted by atomic mass is 9.92. The SMILES string of the molecule is C1CCCC2CCC(CCC1)OC1CCCCCCC(CC1)N2. The molecule has 0 aromatic rings. The molecule has 1 saturated heterocycles. The van der Waals surface area contributed by atoms with Gasteiger partial charge in [0.15, 0.2) is 0 Å². The Hall–Kier alpha value is -0.0800. The highest BCUT2D eigenvalue weighted by Gasteiger charge is 2.24. The van der Waals surface area contributed by atoms with Gasteiger partial charge >= 0.3 is 0 Å². The molecule has 0 spiro atoms. The van der Waals surface area contributed by atoms with Crippen LogP contribution in [-0.2, 0) is 4.74 Å². The van der Waals surface area contributed by atoms with E-state index < -0.39 is 0 Å². The minimum atomic E-state index is 0.543. The van der Waals surface area contributed by atoms with E-state index in [0.29, 0.717) is 12.2 Å². The molecule has 2 aliphatic carbocycles. The quantitative estimate of drug-likeness (QED) is 0.614. The molecule has 1 heterocycles. The van der Waals surface area contributed by atoms with Crippen LogP contribution < -0.4 is 5.32 Å². The first-order chi connectivity index (χ1) is 11.4. The molecule has 2 saturated carbocycles. The molecular weight excluding hydrogens is 282 g/mol. The molecule has 3 fully saturated rings. The van der Waals surface area contributed by atoms with Crippen molar-refractivity contribution < 1.29 is 4.74 Å². The molecule has 4 atom stereocenters. The molecule has 0 amide bonds. The van der Waals surface area contributed by atoms with Crippen molar-refractivity contribution in [3.05, 3.63) is 0 Å². The summed E-state index contributed by atoms with van der Waals surface area (Å²) in [5.74, 6) is 0. The highest BCUT2D eigenvalue weighted by Crippen LogP contribution is 2.27. The van der Waals surface area contributed by atoms with Gasteiger partial charge in [-0.1, -0.05) is 57.8 Å². The standard InChI is InChI=1S/C21H39NO/c1-2-6-10-18-14-16-20(12-8-3-1)23-21-13-9-5-4-7-11-19(22-18)15-17-21/h18-22H,1-17H2. The van der Waals surface area contributed by atoms with Gasteiger partial charge in [0, 0.05) is 12.1 Å². The van der Waals surface area contributed by atoms with Gasteiger partial charge in [-0.05, 0) is 51.4 Å². The van der Waals surface area contributed by atoms with Crippen LogP contribution in [0.3, 0.4) is 0 Å². The second-order valence-electron chi connectivity index (χ2n) is 8.43. The van der Waals surface area contributed by atoms with Crippen molar-refractivity contribution in [1.82, 2.24) is 5.32 Å². The molecule has 2 heteroatoms. The summed E-state index contributed by atoms with van der Waals surface area (Å²) in [5.41, 5.74) is 0. The number of hydrogen-bond acceptors (Lipinski definition) is 2. The predicted molar refractivity (Wildman–Crippen MR) is 97.9 cm³/mol. The second-order valence-corrected chi connectivity index (χ2v) is 8.43. The zero-order chi connectivity index (χ0) is 15.7. The molecule has 3 aliphatic rings. The van der Waals surface area contributed by atoms with Crippen LogP contribution in [0, 0.1) is 0 Å². The zero-order valence-corrected chi connectivity index (χ0v) is 15.2. The molecule has 3 rings (SSSR count). The Morgan fingerprint density at radius 1 is 0.435 bits per heavy atom. The lowest BCUT2D eigenvalue weighted by Crippen LogP contribution is -2.41. The number of fused-ring (bicyclic) bond motifs is 6. The van der Waals surface area contributed by atoms with E-state index in [9.17, 15) is 0 Å². The first-order valence-electron chi connectivity index (χ1n) is 10.8. The summed E-state index contributed by atoms with van der Waals surface area (Å²) in [6.07, 6.45) is 24.6. The van der Waals surface area contributed by atoms with Gasteiger partial charge in [-0.15, -0.1) is 0 Å². The highest BCUT2D eigenvalue weighted by atomic mass is 16.5. The molecule has 134 valence electrons. The molecule has 0 aromatic heterocycles. The maximum absolute atomic E-state index is 6.68. The summed E-state index contributed by atoms with van der Waals surface area (Å²) in [4.78, 5) is 0. The Balaban J connectivity index is 1.69. The zero-order valence-electron chi connectivity index (χ0n) is 15.2. The van der Waals surface area contributed by atoms with Crippen LogP contribution in [0.15, 0.2) is 0 Å². The van der Waals surface area contributed by atoms with Gasteiger partial charge in [0.1, 0.15) is 0 Å². The maximum Gasteiger partial charge on any atom is 0.0579 e. The summed E-state index contributed by atoms with van der Waals surface area (Å²) in [5, 5.41) is 4.10. The first-order valence-corrected chi connectivity index (χ1v) is 10.8. The summed E-state index contributed by atoms with van der Waals surface area (Å²) in [6, 6.07) is 1.51. The van der Waals surface area contributed by atoms with Gasteiger partial charge in [-0.2, -0.15) is 0 Å². The summed E-state index contributed by atoms with van der Waals surface area (Å²) < 4.78 is 6.68. The van der Waals surface area contributed by atoms with Crippen molar-refractivity contribution in [1.29, 1.82) is 0 Å². The van der Waals surface area contributed by atoms with Gasteiger partial charge in [0.05, 0.1) is 12.2 Å². The molecule has 0 aromatic carbocycles. The molecule has 4 unspecified atom stereocenters. The smallest absolute Gasteiger partial charge is 0.0579 e. The summed E-state index contributed by atoms with van der Waals surface area (Å²) >= 11 is 0. The van der Waals surface area contributed by atoms with Crippen LogP contribution in [0.25, 0.3) is 0 Å². The Labute approximate surface area is 144 Å². The maximum atomic E-state index is 6.68. The van der Waals surface area contributed by atoms with Crippen molar-refractivity contribution in [2.75, 3.05) is 0 Å². The first kappa shape index (κ1) is 17.7. The third-order valence-corrected chi connectivity index (χ3v) is 6.44. The number of rotatable bonds is 0. The highest BCUT2D eigenvalue weighted by molar-refractivity contribution is 4.81. The lowest BCUT2D eigenvalue weighted by Gasteiger charge is -2.33. The molecule has 1 N–H and O–H groups in total. The fourth-order valence-electron chi connectivity index (χ4n) is 4.97. The average Bonchev–Trinajstić information content (AvgIpc) is 2.62. The minimum Gasteiger partial charge on any atom is -0.375 e. The fourth-order valence-corrected chi connectivity index (χ4v) is 4.97. The van der Waals surface area contributed by atoms with Gasteiger partial charge in [0.2, 0.25) is 0 Å². The van der Waals surface area contributed by atoms with Crippen LogP contribution in [0.2, 0.25) is 0 Å². The van der Waals surface area contributed by atoms with Crippen LogP contribution in [0.4, 0.5) is 0 Å². The van der Waals surface area contributed by atoms with E-state index in [1.54, 1.807) is 0 Å². The van der Waals surface area contributed by atoms with Crippen LogP contribution in [0.5, 0.6) is 0 Å². The van der Waals surface area contributed by atoms with Gasteiger partial charge in [-0.3, -0.25) is 0 Å². The van der Waals surface area contributed by atoms with E-state index in [2.05, 4.69) is 5.32 Å². The van der Waals surface area contributed by atoms with Crippen molar-refractivity contribution in [2.24, 2.45) is 0 Å². The molecule has 23 heavy (non-hydrogen) atoms. The van der Waals surface area contributed by atoms with Gasteiger partial charge in [-0.25, -0.2) is 0 Å². The Kier molecular flexibility index (Phi) is 7.74. The summed E-state index contributed by atoms with van der Waals surface area (Å²) in [6.45, 7) is 0. The van der Waals surface area contributed by atoms with Crippen molar-refractivity contribution in [2.45, 2.75) is 133 Å². The summed E-state index contributed by atoms with van der Waals surface area (Å²) in [7, 11) is 0. The van der Waals surface area contributed by atoms with E-state index in [-0.39, 0.29) is 0 Å². The average molecular weight is 322 g/mol. The molecule has 4 bridgehead atoms. The third-order valence-electron chi connectivity index (χ3n) is 6.44.